The molecule has 124 valence electrons. The summed E-state index contributed by atoms with van der Waals surface area (Å²) in [6.07, 6.45) is 1.46. The Balaban J connectivity index is 1.93. The van der Waals surface area contributed by atoms with Crippen molar-refractivity contribution >= 4 is 41.2 Å². The Bertz CT molecular complexity index is 777. The second-order valence-electron chi connectivity index (χ2n) is 4.65. The first kappa shape index (κ1) is 17.8. The smallest absolute Gasteiger partial charge is 0.272 e. The highest BCUT2D eigenvalue weighted by Gasteiger charge is 2.09. The van der Waals surface area contributed by atoms with E-state index in [9.17, 15) is 9.59 Å². The lowest BCUT2D eigenvalue weighted by atomic mass is 10.2. The lowest BCUT2D eigenvalue weighted by Crippen LogP contribution is -2.20. The van der Waals surface area contributed by atoms with Crippen LogP contribution in [0.3, 0.4) is 0 Å². The van der Waals surface area contributed by atoms with Crippen LogP contribution in [0.15, 0.2) is 47.6 Å². The van der Waals surface area contributed by atoms with Crippen molar-refractivity contribution in [2.75, 3.05) is 6.61 Å². The van der Waals surface area contributed by atoms with Gasteiger partial charge in [-0.15, -0.1) is 0 Å². The van der Waals surface area contributed by atoms with Gasteiger partial charge in [-0.3, -0.25) is 9.59 Å². The molecule has 2 rings (SSSR count). The summed E-state index contributed by atoms with van der Waals surface area (Å²) in [5.41, 5.74) is 8.36. The van der Waals surface area contributed by atoms with Crippen molar-refractivity contribution in [2.45, 2.75) is 0 Å². The molecule has 0 unspecified atom stereocenters. The summed E-state index contributed by atoms with van der Waals surface area (Å²) in [7, 11) is 0. The lowest BCUT2D eigenvalue weighted by molar-refractivity contribution is -0.119. The molecule has 0 spiro atoms. The van der Waals surface area contributed by atoms with Crippen LogP contribution in [0, 0.1) is 0 Å². The van der Waals surface area contributed by atoms with Crippen LogP contribution in [0.5, 0.6) is 5.75 Å². The normalized spacial score (nSPS) is 10.6. The number of benzene rings is 2. The maximum atomic E-state index is 12.0. The van der Waals surface area contributed by atoms with Crippen molar-refractivity contribution in [1.29, 1.82) is 0 Å². The summed E-state index contributed by atoms with van der Waals surface area (Å²) < 4.78 is 5.13. The van der Waals surface area contributed by atoms with E-state index in [1.165, 1.54) is 18.3 Å². The lowest BCUT2D eigenvalue weighted by Gasteiger charge is -2.04. The van der Waals surface area contributed by atoms with E-state index in [1.807, 2.05) is 0 Å². The third-order valence-electron chi connectivity index (χ3n) is 2.82. The molecule has 0 aliphatic heterocycles. The maximum absolute atomic E-state index is 12.0. The molecule has 0 atom stereocenters. The van der Waals surface area contributed by atoms with Gasteiger partial charge < -0.3 is 10.5 Å². The topological polar surface area (TPSA) is 93.8 Å². The first-order chi connectivity index (χ1) is 11.5. The number of nitrogens with zero attached hydrogens (tertiary/aromatic N) is 1. The predicted octanol–water partition coefficient (Wildman–Crippen LogP) is 2.62. The average Bonchev–Trinajstić information content (AvgIpc) is 2.54. The van der Waals surface area contributed by atoms with E-state index in [0.29, 0.717) is 10.8 Å². The van der Waals surface area contributed by atoms with Gasteiger partial charge >= 0.3 is 0 Å². The molecule has 0 bridgehead atoms. The van der Waals surface area contributed by atoms with Gasteiger partial charge in [-0.1, -0.05) is 23.2 Å². The Hall–Kier alpha value is -2.57. The molecule has 0 aromatic heterocycles. The third kappa shape index (κ3) is 5.26. The van der Waals surface area contributed by atoms with E-state index >= 15 is 0 Å². The Morgan fingerprint density at radius 3 is 2.50 bits per heavy atom. The number of hydrazone groups is 1. The zero-order chi connectivity index (χ0) is 17.5. The molecule has 0 aliphatic carbocycles. The fourth-order valence-electron chi connectivity index (χ4n) is 1.70. The van der Waals surface area contributed by atoms with Crippen LogP contribution in [0.1, 0.15) is 15.9 Å². The van der Waals surface area contributed by atoms with Crippen molar-refractivity contribution in [3.63, 3.8) is 0 Å². The number of ether oxygens (including phenoxy) is 1. The van der Waals surface area contributed by atoms with E-state index < -0.39 is 11.8 Å². The van der Waals surface area contributed by atoms with E-state index in [0.717, 1.165) is 5.56 Å². The molecule has 3 N–H and O–H groups in total. The number of carbonyl (C=O) groups is 2. The first-order valence-corrected chi connectivity index (χ1v) is 7.51. The molecule has 8 heteroatoms. The zero-order valence-corrected chi connectivity index (χ0v) is 13.8. The van der Waals surface area contributed by atoms with Crippen LogP contribution in [-0.2, 0) is 4.79 Å². The molecule has 24 heavy (non-hydrogen) atoms. The summed E-state index contributed by atoms with van der Waals surface area (Å²) in [5, 5.41) is 4.54. The molecule has 2 amide bonds. The largest absolute Gasteiger partial charge is 0.484 e. The van der Waals surface area contributed by atoms with Crippen LogP contribution >= 0.6 is 23.2 Å². The minimum atomic E-state index is -0.552. The first-order valence-electron chi connectivity index (χ1n) is 6.75. The fourth-order valence-corrected chi connectivity index (χ4v) is 2.20. The number of hydrogen-bond acceptors (Lipinski definition) is 4. The predicted molar refractivity (Wildman–Crippen MR) is 92.7 cm³/mol. The summed E-state index contributed by atoms with van der Waals surface area (Å²) in [5.74, 6) is -0.499. The number of nitrogens with one attached hydrogen (secondary N) is 1. The number of halogens is 2. The second-order valence-corrected chi connectivity index (χ2v) is 5.49. The van der Waals surface area contributed by atoms with Gasteiger partial charge in [-0.25, -0.2) is 5.43 Å². The second kappa shape index (κ2) is 8.33. The van der Waals surface area contributed by atoms with E-state index in [-0.39, 0.29) is 17.2 Å². The van der Waals surface area contributed by atoms with Gasteiger partial charge in [0.1, 0.15) is 5.75 Å². The van der Waals surface area contributed by atoms with Crippen molar-refractivity contribution in [3.8, 4) is 5.75 Å². The van der Waals surface area contributed by atoms with Gasteiger partial charge in [0, 0.05) is 5.02 Å². The Morgan fingerprint density at radius 1 is 1.17 bits per heavy atom. The Morgan fingerprint density at radius 2 is 1.88 bits per heavy atom. The molecule has 2 aromatic carbocycles. The van der Waals surface area contributed by atoms with E-state index in [2.05, 4.69) is 10.5 Å². The van der Waals surface area contributed by atoms with E-state index in [4.69, 9.17) is 33.7 Å². The molecular weight excluding hydrogens is 353 g/mol. The number of hydrogen-bond donors (Lipinski definition) is 2. The maximum Gasteiger partial charge on any atom is 0.272 e. The van der Waals surface area contributed by atoms with E-state index in [1.54, 1.807) is 30.3 Å². The quantitative estimate of drug-likeness (QED) is 0.608. The molecule has 0 radical (unpaired) electrons. The molecule has 0 saturated heterocycles. The molecule has 0 aliphatic rings. The van der Waals surface area contributed by atoms with Crippen LogP contribution in [0.4, 0.5) is 0 Å². The van der Waals surface area contributed by atoms with Crippen molar-refractivity contribution in [2.24, 2.45) is 10.8 Å². The number of amides is 2. The number of nitrogens with two attached hydrogens (primary N) is 1. The van der Waals surface area contributed by atoms with Gasteiger partial charge in [0.05, 0.1) is 16.8 Å². The highest BCUT2D eigenvalue weighted by Crippen LogP contribution is 2.20. The van der Waals surface area contributed by atoms with Crippen LogP contribution in [-0.4, -0.2) is 24.6 Å². The molecular formula is C16H13Cl2N3O3. The minimum absolute atomic E-state index is 0.189. The summed E-state index contributed by atoms with van der Waals surface area (Å²) >= 11 is 11.7. The highest BCUT2D eigenvalue weighted by atomic mass is 35.5. The molecule has 0 heterocycles. The van der Waals surface area contributed by atoms with Crippen molar-refractivity contribution in [1.82, 2.24) is 5.43 Å². The number of carbonyl (C=O) groups excluding carboxylic acids is 2. The van der Waals surface area contributed by atoms with Crippen molar-refractivity contribution < 1.29 is 14.3 Å². The minimum Gasteiger partial charge on any atom is -0.484 e. The van der Waals surface area contributed by atoms with Gasteiger partial charge in [-0.2, -0.15) is 5.10 Å². The SMILES string of the molecule is NC(=O)COc1ccc(/C=N\NC(=O)c2ccc(Cl)cc2Cl)cc1. The molecule has 0 fully saturated rings. The van der Waals surface area contributed by atoms with Gasteiger partial charge in [-0.05, 0) is 48.0 Å². The fraction of sp³-hybridized carbons (Fsp3) is 0.0625. The molecule has 0 saturated carbocycles. The van der Waals surface area contributed by atoms with Gasteiger partial charge in [0.2, 0.25) is 0 Å². The zero-order valence-electron chi connectivity index (χ0n) is 12.3. The van der Waals surface area contributed by atoms with Gasteiger partial charge in [0.15, 0.2) is 6.61 Å². The highest BCUT2D eigenvalue weighted by molar-refractivity contribution is 6.36. The monoisotopic (exact) mass is 365 g/mol. The summed E-state index contributed by atoms with van der Waals surface area (Å²) in [4.78, 5) is 22.6. The summed E-state index contributed by atoms with van der Waals surface area (Å²) in [6.45, 7) is -0.189. The number of rotatable bonds is 6. The average molecular weight is 366 g/mol. The third-order valence-corrected chi connectivity index (χ3v) is 3.36. The molecule has 6 nitrogen and oxygen atoms in total. The van der Waals surface area contributed by atoms with Crippen LogP contribution in [0.2, 0.25) is 10.0 Å². The van der Waals surface area contributed by atoms with Crippen LogP contribution in [0.25, 0.3) is 0 Å². The summed E-state index contributed by atoms with van der Waals surface area (Å²) in [6, 6.07) is 11.3. The Labute approximate surface area is 148 Å². The number of primary amides is 1. The van der Waals surface area contributed by atoms with Crippen LogP contribution < -0.4 is 15.9 Å². The Kier molecular flexibility index (Phi) is 6.17. The van der Waals surface area contributed by atoms with Gasteiger partial charge in [0.25, 0.3) is 11.8 Å². The standard InChI is InChI=1S/C16H13Cl2N3O3/c17-11-3-6-13(14(18)7-11)16(23)21-20-8-10-1-4-12(5-2-10)24-9-15(19)22/h1-8H,9H2,(H2,19,22)(H,21,23)/b20-8-. The molecule has 2 aromatic rings. The van der Waals surface area contributed by atoms with Crippen molar-refractivity contribution in [3.05, 3.63) is 63.6 Å².